The SMILES string of the molecule is CN(Cc1ccc[nH]1)c1nc(N)nc(N)n1. The summed E-state index contributed by atoms with van der Waals surface area (Å²) in [5, 5.41) is 0. The molecule has 2 heterocycles. The quantitative estimate of drug-likeness (QED) is 0.670. The van der Waals surface area contributed by atoms with Gasteiger partial charge < -0.3 is 21.4 Å². The molecule has 7 nitrogen and oxygen atoms in total. The lowest BCUT2D eigenvalue weighted by Crippen LogP contribution is -2.21. The Labute approximate surface area is 92.5 Å². The summed E-state index contributed by atoms with van der Waals surface area (Å²) in [4.78, 5) is 16.6. The first-order chi connectivity index (χ1) is 7.65. The highest BCUT2D eigenvalue weighted by atomic mass is 15.3. The van der Waals surface area contributed by atoms with Crippen LogP contribution in [0.4, 0.5) is 17.8 Å². The number of nitrogens with two attached hydrogens (primary N) is 2. The lowest BCUT2D eigenvalue weighted by atomic mass is 10.4. The van der Waals surface area contributed by atoms with Gasteiger partial charge in [-0.2, -0.15) is 15.0 Å². The Morgan fingerprint density at radius 2 is 1.94 bits per heavy atom. The number of aromatic amines is 1. The molecule has 0 aliphatic heterocycles. The molecular weight excluding hydrogens is 206 g/mol. The predicted octanol–water partition coefficient (Wildman–Crippen LogP) is 0.000500. The zero-order valence-corrected chi connectivity index (χ0v) is 8.88. The van der Waals surface area contributed by atoms with Gasteiger partial charge in [-0.3, -0.25) is 0 Å². The van der Waals surface area contributed by atoms with Crippen molar-refractivity contribution >= 4 is 17.8 Å². The number of hydrogen-bond donors (Lipinski definition) is 3. The van der Waals surface area contributed by atoms with Crippen LogP contribution in [0.3, 0.4) is 0 Å². The standard InChI is InChI=1S/C9H13N7/c1-16(5-6-3-2-4-12-6)9-14-7(10)13-8(11)15-9/h2-4,12H,5H2,1H3,(H4,10,11,13,14,15). The maximum atomic E-state index is 5.49. The first-order valence-electron chi connectivity index (χ1n) is 4.75. The molecule has 7 heteroatoms. The second kappa shape index (κ2) is 4.05. The predicted molar refractivity (Wildman–Crippen MR) is 61.6 cm³/mol. The molecule has 5 N–H and O–H groups in total. The third-order valence-corrected chi connectivity index (χ3v) is 2.07. The van der Waals surface area contributed by atoms with Crippen LogP contribution >= 0.6 is 0 Å². The molecule has 0 saturated carbocycles. The fourth-order valence-electron chi connectivity index (χ4n) is 1.36. The Bertz CT molecular complexity index is 444. The van der Waals surface area contributed by atoms with Crippen molar-refractivity contribution < 1.29 is 0 Å². The van der Waals surface area contributed by atoms with Crippen LogP contribution in [-0.2, 0) is 6.54 Å². The van der Waals surface area contributed by atoms with E-state index in [1.54, 1.807) is 0 Å². The summed E-state index contributed by atoms with van der Waals surface area (Å²) in [6, 6.07) is 3.91. The number of nitrogens with one attached hydrogen (secondary N) is 1. The van der Waals surface area contributed by atoms with E-state index in [2.05, 4.69) is 19.9 Å². The Kier molecular flexibility index (Phi) is 2.59. The lowest BCUT2D eigenvalue weighted by molar-refractivity contribution is 0.842. The average Bonchev–Trinajstić information content (AvgIpc) is 2.68. The van der Waals surface area contributed by atoms with Crippen molar-refractivity contribution in [3.05, 3.63) is 24.0 Å². The van der Waals surface area contributed by atoms with Gasteiger partial charge >= 0.3 is 0 Å². The first-order valence-corrected chi connectivity index (χ1v) is 4.75. The lowest BCUT2D eigenvalue weighted by Gasteiger charge is -2.16. The first kappa shape index (κ1) is 10.2. The Balaban J connectivity index is 2.17. The molecule has 2 aromatic heterocycles. The van der Waals surface area contributed by atoms with Crippen LogP contribution in [0.2, 0.25) is 0 Å². The Morgan fingerprint density at radius 1 is 1.25 bits per heavy atom. The molecule has 0 saturated heterocycles. The molecule has 2 rings (SSSR count). The molecule has 0 aliphatic rings. The molecule has 0 aliphatic carbocycles. The van der Waals surface area contributed by atoms with Gasteiger partial charge in [0.15, 0.2) is 0 Å². The Hall–Kier alpha value is -2.31. The van der Waals surface area contributed by atoms with E-state index in [-0.39, 0.29) is 11.9 Å². The van der Waals surface area contributed by atoms with Gasteiger partial charge in [0.05, 0.1) is 6.54 Å². The van der Waals surface area contributed by atoms with Crippen molar-refractivity contribution in [2.75, 3.05) is 23.4 Å². The zero-order valence-electron chi connectivity index (χ0n) is 8.88. The minimum Gasteiger partial charge on any atom is -0.368 e. The highest BCUT2D eigenvalue weighted by Crippen LogP contribution is 2.10. The summed E-state index contributed by atoms with van der Waals surface area (Å²) >= 11 is 0. The second-order valence-electron chi connectivity index (χ2n) is 3.40. The van der Waals surface area contributed by atoms with Gasteiger partial charge in [-0.05, 0) is 12.1 Å². The van der Waals surface area contributed by atoms with E-state index in [4.69, 9.17) is 11.5 Å². The molecule has 0 aromatic carbocycles. The van der Waals surface area contributed by atoms with Crippen LogP contribution in [-0.4, -0.2) is 27.0 Å². The van der Waals surface area contributed by atoms with Crippen molar-refractivity contribution in [1.29, 1.82) is 0 Å². The van der Waals surface area contributed by atoms with Crippen LogP contribution in [0.1, 0.15) is 5.69 Å². The van der Waals surface area contributed by atoms with Gasteiger partial charge in [0.1, 0.15) is 0 Å². The van der Waals surface area contributed by atoms with Crippen LogP contribution in [0.5, 0.6) is 0 Å². The van der Waals surface area contributed by atoms with Crippen LogP contribution in [0.25, 0.3) is 0 Å². The Morgan fingerprint density at radius 3 is 2.50 bits per heavy atom. The highest BCUT2D eigenvalue weighted by Gasteiger charge is 2.08. The van der Waals surface area contributed by atoms with Gasteiger partial charge in [0.2, 0.25) is 17.8 Å². The van der Waals surface area contributed by atoms with Crippen molar-refractivity contribution in [1.82, 2.24) is 19.9 Å². The van der Waals surface area contributed by atoms with E-state index in [9.17, 15) is 0 Å². The van der Waals surface area contributed by atoms with Crippen molar-refractivity contribution in [2.45, 2.75) is 6.54 Å². The smallest absolute Gasteiger partial charge is 0.232 e. The molecule has 16 heavy (non-hydrogen) atoms. The average molecular weight is 219 g/mol. The second-order valence-corrected chi connectivity index (χ2v) is 3.40. The van der Waals surface area contributed by atoms with Gasteiger partial charge in [-0.25, -0.2) is 0 Å². The number of nitrogens with zero attached hydrogens (tertiary/aromatic N) is 4. The number of hydrogen-bond acceptors (Lipinski definition) is 6. The van der Waals surface area contributed by atoms with E-state index >= 15 is 0 Å². The number of anilines is 3. The van der Waals surface area contributed by atoms with Gasteiger partial charge in [-0.1, -0.05) is 0 Å². The molecule has 84 valence electrons. The van der Waals surface area contributed by atoms with Crippen molar-refractivity contribution in [3.8, 4) is 0 Å². The molecule has 2 aromatic rings. The normalized spacial score (nSPS) is 10.3. The fourth-order valence-corrected chi connectivity index (χ4v) is 1.36. The third kappa shape index (κ3) is 2.19. The van der Waals surface area contributed by atoms with Crippen molar-refractivity contribution in [2.24, 2.45) is 0 Å². The molecule has 0 fully saturated rings. The maximum Gasteiger partial charge on any atom is 0.232 e. The maximum absolute atomic E-state index is 5.49. The summed E-state index contributed by atoms with van der Waals surface area (Å²) in [6.45, 7) is 0.649. The number of nitrogen functional groups attached to an aromatic ring is 2. The minimum atomic E-state index is 0.126. The van der Waals surface area contributed by atoms with Gasteiger partial charge in [0, 0.05) is 18.9 Å². The summed E-state index contributed by atoms with van der Waals surface area (Å²) in [7, 11) is 1.86. The van der Waals surface area contributed by atoms with E-state index in [1.807, 2.05) is 30.3 Å². The monoisotopic (exact) mass is 219 g/mol. The van der Waals surface area contributed by atoms with Crippen LogP contribution < -0.4 is 16.4 Å². The van der Waals surface area contributed by atoms with Crippen LogP contribution in [0, 0.1) is 0 Å². The van der Waals surface area contributed by atoms with Crippen molar-refractivity contribution in [3.63, 3.8) is 0 Å². The summed E-state index contributed by atoms with van der Waals surface area (Å²) in [5.74, 6) is 0.710. The molecule has 0 unspecified atom stereocenters. The third-order valence-electron chi connectivity index (χ3n) is 2.07. The molecule has 0 radical (unpaired) electrons. The largest absolute Gasteiger partial charge is 0.368 e. The summed E-state index contributed by atoms with van der Waals surface area (Å²) in [5.41, 5.74) is 12.0. The molecule has 0 amide bonds. The zero-order chi connectivity index (χ0) is 11.5. The molecule has 0 atom stereocenters. The summed E-state index contributed by atoms with van der Waals surface area (Å²) in [6.07, 6.45) is 1.86. The fraction of sp³-hybridized carbons (Fsp3) is 0.222. The van der Waals surface area contributed by atoms with E-state index in [0.29, 0.717) is 12.5 Å². The van der Waals surface area contributed by atoms with E-state index in [0.717, 1.165) is 5.69 Å². The van der Waals surface area contributed by atoms with E-state index in [1.165, 1.54) is 0 Å². The number of aromatic nitrogens is 4. The molecule has 0 spiro atoms. The van der Waals surface area contributed by atoms with Gasteiger partial charge in [0.25, 0.3) is 0 Å². The number of H-pyrrole nitrogens is 1. The highest BCUT2D eigenvalue weighted by molar-refractivity contribution is 5.39. The summed E-state index contributed by atoms with van der Waals surface area (Å²) < 4.78 is 0. The van der Waals surface area contributed by atoms with Gasteiger partial charge in [-0.15, -0.1) is 0 Å². The minimum absolute atomic E-state index is 0.126. The topological polar surface area (TPSA) is 110 Å². The molecular formula is C9H13N7. The van der Waals surface area contributed by atoms with E-state index < -0.39 is 0 Å². The number of rotatable bonds is 3. The van der Waals surface area contributed by atoms with Crippen LogP contribution in [0.15, 0.2) is 18.3 Å². The molecule has 0 bridgehead atoms.